The second-order valence-corrected chi connectivity index (χ2v) is 5.21. The van der Waals surface area contributed by atoms with Crippen molar-refractivity contribution in [2.75, 3.05) is 24.8 Å². The molecule has 1 N–H and O–H groups in total. The van der Waals surface area contributed by atoms with Crippen LogP contribution in [0.15, 0.2) is 24.8 Å². The normalized spacial score (nSPS) is 17.1. The third-order valence-corrected chi connectivity index (χ3v) is 4.02. The van der Waals surface area contributed by atoms with Gasteiger partial charge in [0.25, 0.3) is 0 Å². The maximum atomic E-state index is 11.0. The molecule has 4 heterocycles. The number of aromatic amines is 1. The predicted molar refractivity (Wildman–Crippen MR) is 79.5 cm³/mol. The highest BCUT2D eigenvalue weighted by molar-refractivity contribution is 6.01. The van der Waals surface area contributed by atoms with Gasteiger partial charge < -0.3 is 9.78 Å². The number of hydrogen-bond donors (Lipinski definition) is 1. The van der Waals surface area contributed by atoms with Crippen LogP contribution in [0.25, 0.3) is 22.1 Å². The second-order valence-electron chi connectivity index (χ2n) is 5.21. The Bertz CT molecular complexity index is 889. The van der Waals surface area contributed by atoms with Crippen molar-refractivity contribution in [1.29, 1.82) is 5.26 Å². The van der Waals surface area contributed by atoms with Gasteiger partial charge in [-0.15, -0.1) is 0 Å². The lowest BCUT2D eigenvalue weighted by molar-refractivity contribution is -0.110. The Morgan fingerprint density at radius 1 is 1.41 bits per heavy atom. The number of imidazole rings is 1. The van der Waals surface area contributed by atoms with Gasteiger partial charge in [0.1, 0.15) is 23.0 Å². The Morgan fingerprint density at radius 2 is 2.32 bits per heavy atom. The average Bonchev–Trinajstić information content (AvgIpc) is 3.26. The lowest BCUT2D eigenvalue weighted by atomic mass is 10.3. The molecule has 0 saturated carbocycles. The molecular formula is C14H13N7O. The summed E-state index contributed by atoms with van der Waals surface area (Å²) in [4.78, 5) is 24.6. The van der Waals surface area contributed by atoms with Crippen LogP contribution < -0.4 is 5.01 Å². The molecule has 1 unspecified atom stereocenters. The molecule has 1 atom stereocenters. The molecule has 8 heteroatoms. The first-order valence-corrected chi connectivity index (χ1v) is 6.95. The first kappa shape index (κ1) is 12.8. The van der Waals surface area contributed by atoms with Gasteiger partial charge in [0.2, 0.25) is 0 Å². The zero-order valence-corrected chi connectivity index (χ0v) is 11.7. The maximum absolute atomic E-state index is 11.0. The third-order valence-electron chi connectivity index (χ3n) is 4.02. The van der Waals surface area contributed by atoms with Crippen LogP contribution in [0, 0.1) is 11.3 Å². The summed E-state index contributed by atoms with van der Waals surface area (Å²) in [6, 6.07) is 3.29. The van der Waals surface area contributed by atoms with E-state index in [1.54, 1.807) is 12.5 Å². The minimum absolute atomic E-state index is 0.511. The molecule has 3 aromatic heterocycles. The maximum Gasteiger partial charge on any atom is 0.155 e. The molecule has 0 spiro atoms. The van der Waals surface area contributed by atoms with E-state index >= 15 is 0 Å². The predicted octanol–water partition coefficient (Wildman–Crippen LogP) is 0.215. The Labute approximate surface area is 125 Å². The highest BCUT2D eigenvalue weighted by Gasteiger charge is 2.27. The van der Waals surface area contributed by atoms with Crippen molar-refractivity contribution in [2.24, 2.45) is 0 Å². The number of carbonyl (C=O) groups is 1. The van der Waals surface area contributed by atoms with Crippen LogP contribution in [-0.4, -0.2) is 56.6 Å². The highest BCUT2D eigenvalue weighted by Crippen LogP contribution is 2.23. The summed E-state index contributed by atoms with van der Waals surface area (Å²) in [5.41, 5.74) is 2.61. The number of rotatable bonds is 3. The fraction of sp³-hybridized carbons (Fsp3) is 0.286. The van der Waals surface area contributed by atoms with E-state index < -0.39 is 6.04 Å². The molecule has 0 radical (unpaired) electrons. The van der Waals surface area contributed by atoms with Crippen molar-refractivity contribution < 1.29 is 4.79 Å². The van der Waals surface area contributed by atoms with Crippen LogP contribution in [-0.2, 0) is 4.79 Å². The fourth-order valence-corrected chi connectivity index (χ4v) is 2.90. The molecule has 0 aliphatic carbocycles. The van der Waals surface area contributed by atoms with Crippen molar-refractivity contribution in [1.82, 2.24) is 24.5 Å². The van der Waals surface area contributed by atoms with Crippen LogP contribution in [0.1, 0.15) is 0 Å². The number of nitriles is 1. The van der Waals surface area contributed by atoms with Crippen molar-refractivity contribution in [3.8, 4) is 6.07 Å². The molecule has 110 valence electrons. The summed E-state index contributed by atoms with van der Waals surface area (Å²) in [6.45, 7) is 1.90. The van der Waals surface area contributed by atoms with Gasteiger partial charge in [0.15, 0.2) is 12.3 Å². The minimum atomic E-state index is -0.700. The molecule has 1 fully saturated rings. The van der Waals surface area contributed by atoms with Gasteiger partial charge in [0.05, 0.1) is 18.9 Å². The van der Waals surface area contributed by atoms with Gasteiger partial charge >= 0.3 is 0 Å². The molecule has 4 rings (SSSR count). The van der Waals surface area contributed by atoms with E-state index in [0.717, 1.165) is 28.6 Å². The smallest absolute Gasteiger partial charge is 0.155 e. The van der Waals surface area contributed by atoms with Crippen LogP contribution in [0.3, 0.4) is 0 Å². The van der Waals surface area contributed by atoms with E-state index in [1.807, 2.05) is 27.9 Å². The number of aldehydes is 1. The number of hydrogen-bond acceptors (Lipinski definition) is 6. The van der Waals surface area contributed by atoms with Crippen molar-refractivity contribution in [3.63, 3.8) is 0 Å². The Morgan fingerprint density at radius 3 is 3.14 bits per heavy atom. The molecule has 22 heavy (non-hydrogen) atoms. The van der Waals surface area contributed by atoms with E-state index in [1.165, 1.54) is 0 Å². The van der Waals surface area contributed by atoms with Gasteiger partial charge in [-0.2, -0.15) is 5.26 Å². The third kappa shape index (κ3) is 1.76. The van der Waals surface area contributed by atoms with Gasteiger partial charge in [-0.25, -0.2) is 14.6 Å². The van der Waals surface area contributed by atoms with Gasteiger partial charge in [0, 0.05) is 24.7 Å². The topological polar surface area (TPSA) is 93.8 Å². The zero-order valence-electron chi connectivity index (χ0n) is 11.7. The highest BCUT2D eigenvalue weighted by atomic mass is 16.1. The summed E-state index contributed by atoms with van der Waals surface area (Å²) in [7, 11) is 0. The number of H-pyrrole nitrogens is 1. The van der Waals surface area contributed by atoms with E-state index in [2.05, 4.69) is 20.0 Å². The lowest BCUT2D eigenvalue weighted by Gasteiger charge is -2.22. The quantitative estimate of drug-likeness (QED) is 0.694. The molecule has 3 aromatic rings. The average molecular weight is 295 g/mol. The van der Waals surface area contributed by atoms with Crippen molar-refractivity contribution in [2.45, 2.75) is 6.04 Å². The van der Waals surface area contributed by atoms with E-state index in [0.29, 0.717) is 19.5 Å². The molecule has 1 aliphatic rings. The van der Waals surface area contributed by atoms with Gasteiger partial charge in [-0.1, -0.05) is 0 Å². The first-order valence-electron chi connectivity index (χ1n) is 6.95. The standard InChI is InChI=1S/C14H13N7O/c15-5-10(7-22)19-3-4-20(9-19)21-8-18-12-6-17-14-11(13(12)21)1-2-16-14/h1-2,6-8,10H,3-4,9H2,(H,16,17). The van der Waals surface area contributed by atoms with Crippen molar-refractivity contribution >= 4 is 28.4 Å². The summed E-state index contributed by atoms with van der Waals surface area (Å²) in [6.07, 6.45) is 6.03. The monoisotopic (exact) mass is 295 g/mol. The van der Waals surface area contributed by atoms with Crippen LogP contribution in [0.5, 0.6) is 0 Å². The Kier molecular flexibility index (Phi) is 2.80. The molecule has 8 nitrogen and oxygen atoms in total. The van der Waals surface area contributed by atoms with E-state index in [4.69, 9.17) is 5.26 Å². The van der Waals surface area contributed by atoms with Crippen LogP contribution in [0.4, 0.5) is 0 Å². The van der Waals surface area contributed by atoms with E-state index in [9.17, 15) is 4.79 Å². The number of pyridine rings is 1. The summed E-state index contributed by atoms with van der Waals surface area (Å²) in [5.74, 6) is 0. The van der Waals surface area contributed by atoms with E-state index in [-0.39, 0.29) is 0 Å². The zero-order chi connectivity index (χ0) is 15.1. The first-order chi connectivity index (χ1) is 10.8. The molecule has 1 saturated heterocycles. The second kappa shape index (κ2) is 4.82. The summed E-state index contributed by atoms with van der Waals surface area (Å²) in [5, 5.41) is 12.1. The molecule has 0 aromatic carbocycles. The Hall–Kier alpha value is -2.92. The molecular weight excluding hydrogens is 282 g/mol. The fourth-order valence-electron chi connectivity index (χ4n) is 2.90. The lowest BCUT2D eigenvalue weighted by Crippen LogP contribution is -2.38. The number of carbonyl (C=O) groups excluding carboxylic acids is 1. The summed E-state index contributed by atoms with van der Waals surface area (Å²) < 4.78 is 1.98. The molecule has 1 aliphatic heterocycles. The number of fused-ring (bicyclic) bond motifs is 3. The van der Waals surface area contributed by atoms with Crippen molar-refractivity contribution in [3.05, 3.63) is 24.8 Å². The number of aromatic nitrogens is 4. The number of nitrogens with one attached hydrogen (secondary N) is 1. The Balaban J connectivity index is 1.75. The SMILES string of the molecule is N#CC(C=O)N1CCN(n2cnc3cnc4[nH]ccc4c32)C1. The minimum Gasteiger partial charge on any atom is -0.346 e. The largest absolute Gasteiger partial charge is 0.346 e. The van der Waals surface area contributed by atoms with Gasteiger partial charge in [-0.3, -0.25) is 9.91 Å². The van der Waals surface area contributed by atoms with Crippen LogP contribution in [0.2, 0.25) is 0 Å². The van der Waals surface area contributed by atoms with Gasteiger partial charge in [-0.05, 0) is 6.07 Å². The molecule has 0 bridgehead atoms. The summed E-state index contributed by atoms with van der Waals surface area (Å²) >= 11 is 0. The van der Waals surface area contributed by atoms with Crippen LogP contribution >= 0.6 is 0 Å². The molecule has 0 amide bonds. The number of nitrogens with zero attached hydrogens (tertiary/aromatic N) is 6.